The third-order valence-electron chi connectivity index (χ3n) is 17.3. The summed E-state index contributed by atoms with van der Waals surface area (Å²) < 4.78 is 46.4. The number of Topliss-reactive ketones (excluding diaryl/α,β-unsaturated/α-hetero) is 1. The second-order valence-electron chi connectivity index (χ2n) is 24.8. The second-order valence-corrected chi connectivity index (χ2v) is 34.3. The summed E-state index contributed by atoms with van der Waals surface area (Å²) >= 11 is 0. The topological polar surface area (TPSA) is 119 Å². The number of hydrogen-bond acceptors (Lipinski definition) is 10. The lowest BCUT2D eigenvalue weighted by Gasteiger charge is -2.44. The van der Waals surface area contributed by atoms with Gasteiger partial charge in [0.05, 0.1) is 43.0 Å². The number of fused-ring (bicyclic) bond motifs is 3. The van der Waals surface area contributed by atoms with Gasteiger partial charge in [0, 0.05) is 46.1 Å². The van der Waals surface area contributed by atoms with Crippen molar-refractivity contribution in [2.75, 3.05) is 27.9 Å². The zero-order chi connectivity index (χ0) is 51.1. The quantitative estimate of drug-likeness (QED) is 0.119. The molecule has 0 N–H and O–H groups in total. The molecule has 3 aliphatic heterocycles. The number of carbonyl (C=O) groups is 3. The maximum Gasteiger partial charge on any atom is 0.329 e. The van der Waals surface area contributed by atoms with Crippen LogP contribution in [-0.4, -0.2) is 122 Å². The Balaban J connectivity index is 1.82. The molecule has 0 aromatic rings. The Hall–Kier alpha value is -1.72. The lowest BCUT2D eigenvalue weighted by atomic mass is 9.81. The molecule has 14 atom stereocenters. The van der Waals surface area contributed by atoms with Crippen LogP contribution in [0.5, 0.6) is 0 Å². The van der Waals surface area contributed by atoms with E-state index in [0.29, 0.717) is 19.4 Å². The molecule has 0 spiro atoms. The minimum absolute atomic E-state index is 0.0168. The first-order valence-corrected chi connectivity index (χ1v) is 32.4. The van der Waals surface area contributed by atoms with E-state index in [1.165, 1.54) is 5.57 Å². The molecule has 2 saturated heterocycles. The van der Waals surface area contributed by atoms with Crippen LogP contribution in [0.4, 0.5) is 0 Å². The van der Waals surface area contributed by atoms with Crippen LogP contribution in [0.1, 0.15) is 160 Å². The monoisotopic (exact) mass is 990 g/mol. The van der Waals surface area contributed by atoms with E-state index < -0.39 is 40.9 Å². The van der Waals surface area contributed by atoms with E-state index in [1.807, 2.05) is 0 Å². The number of ether oxygens (including phenoxy) is 5. The van der Waals surface area contributed by atoms with Crippen molar-refractivity contribution in [3.8, 4) is 0 Å². The number of carbonyl (C=O) groups excluding carboxylic acids is 3. The number of piperidine rings is 1. The van der Waals surface area contributed by atoms with E-state index in [9.17, 15) is 14.4 Å². The highest BCUT2D eigenvalue weighted by Gasteiger charge is 2.47. The van der Waals surface area contributed by atoms with E-state index in [1.54, 1.807) is 26.2 Å². The summed E-state index contributed by atoms with van der Waals surface area (Å²) in [5, 5.41) is -0.0442. The minimum atomic E-state index is -2.46. The van der Waals surface area contributed by atoms with Gasteiger partial charge < -0.3 is 37.4 Å². The maximum atomic E-state index is 15.0. The van der Waals surface area contributed by atoms with Crippen LogP contribution < -0.4 is 0 Å². The van der Waals surface area contributed by atoms with Gasteiger partial charge in [-0.2, -0.15) is 0 Å². The zero-order valence-electron chi connectivity index (χ0n) is 46.5. The highest BCUT2D eigenvalue weighted by molar-refractivity contribution is 6.74. The van der Waals surface area contributed by atoms with Gasteiger partial charge in [-0.15, -0.1) is 0 Å². The molecule has 2 bridgehead atoms. The molecule has 0 unspecified atom stereocenters. The van der Waals surface area contributed by atoms with Gasteiger partial charge in [-0.25, -0.2) is 4.79 Å². The first-order chi connectivity index (χ1) is 31.6. The summed E-state index contributed by atoms with van der Waals surface area (Å²) in [5.74, 6) is -0.565. The molecule has 1 amide bonds. The third kappa shape index (κ3) is 15.2. The van der Waals surface area contributed by atoms with Crippen LogP contribution in [0, 0.1) is 29.6 Å². The van der Waals surface area contributed by atoms with Crippen LogP contribution in [-0.2, 0) is 46.9 Å². The predicted molar refractivity (Wildman–Crippen MR) is 279 cm³/mol. The van der Waals surface area contributed by atoms with Crippen molar-refractivity contribution < 1.29 is 46.9 Å². The smallest absolute Gasteiger partial charge is 0.329 e. The number of amides is 1. The molecule has 0 radical (unpaired) electrons. The SMILES string of the molecule is CC[C@@H]1/C=C(\C)C[C@H](C)C[C@H](OC)[C@H]2O[C@H](CC(=O)N3CCCC[C@H]3C(=O)O[C@H](/C(C)=C/[C@@H]3CC[C@@H](O[Si](C)(C)C(C)(C)C)[C@H](OC)C3)[C@H](C)[C@@H](O[Si](C)(C)C(C)(C)C)CC1=O)[C@H](C)C[C@@H]2OC. The van der Waals surface area contributed by atoms with Gasteiger partial charge in [0.15, 0.2) is 16.6 Å². The van der Waals surface area contributed by atoms with Crippen LogP contribution in [0.25, 0.3) is 0 Å². The number of ketones is 1. The number of nitrogens with zero attached hydrogens (tertiary/aromatic N) is 1. The highest BCUT2D eigenvalue weighted by atomic mass is 28.4. The van der Waals surface area contributed by atoms with Crippen LogP contribution in [0.2, 0.25) is 36.3 Å². The average Bonchev–Trinajstić information content (AvgIpc) is 3.25. The Morgan fingerprint density at radius 2 is 1.35 bits per heavy atom. The van der Waals surface area contributed by atoms with Gasteiger partial charge in [0.25, 0.3) is 0 Å². The third-order valence-corrected chi connectivity index (χ3v) is 26.3. The lowest BCUT2D eigenvalue weighted by Crippen LogP contribution is -2.54. The van der Waals surface area contributed by atoms with Crippen LogP contribution >= 0.6 is 0 Å². The van der Waals surface area contributed by atoms with E-state index in [0.717, 1.165) is 56.9 Å². The summed E-state index contributed by atoms with van der Waals surface area (Å²) in [4.78, 5) is 46.1. The molecule has 0 aromatic heterocycles. The van der Waals surface area contributed by atoms with Crippen molar-refractivity contribution in [3.63, 3.8) is 0 Å². The van der Waals surface area contributed by atoms with Gasteiger partial charge in [-0.1, -0.05) is 87.0 Å². The van der Waals surface area contributed by atoms with Crippen molar-refractivity contribution in [1.29, 1.82) is 0 Å². The van der Waals surface area contributed by atoms with Crippen molar-refractivity contribution in [2.45, 2.75) is 251 Å². The average molecular weight is 991 g/mol. The summed E-state index contributed by atoms with van der Waals surface area (Å²) in [6.45, 7) is 35.8. The van der Waals surface area contributed by atoms with Gasteiger partial charge >= 0.3 is 5.97 Å². The number of rotatable bonds is 10. The minimum Gasteiger partial charge on any atom is -0.456 e. The second kappa shape index (κ2) is 24.8. The summed E-state index contributed by atoms with van der Waals surface area (Å²) in [6, 6.07) is -0.735. The van der Waals surface area contributed by atoms with Gasteiger partial charge in [0.2, 0.25) is 5.91 Å². The van der Waals surface area contributed by atoms with Crippen LogP contribution in [0.15, 0.2) is 23.3 Å². The Morgan fingerprint density at radius 3 is 1.93 bits per heavy atom. The molecule has 13 heteroatoms. The van der Waals surface area contributed by atoms with E-state index in [-0.39, 0.29) is 101 Å². The molecule has 11 nitrogen and oxygen atoms in total. The summed E-state index contributed by atoms with van der Waals surface area (Å²) in [7, 11) is 0.739. The van der Waals surface area contributed by atoms with E-state index >= 15 is 0 Å². The zero-order valence-corrected chi connectivity index (χ0v) is 48.5. The fourth-order valence-electron chi connectivity index (χ4n) is 10.8. The van der Waals surface area contributed by atoms with Crippen molar-refractivity contribution in [3.05, 3.63) is 23.3 Å². The largest absolute Gasteiger partial charge is 0.456 e. The molecule has 4 rings (SSSR count). The van der Waals surface area contributed by atoms with Crippen molar-refractivity contribution in [1.82, 2.24) is 4.90 Å². The molecule has 3 heterocycles. The Labute approximate surface area is 416 Å². The first-order valence-electron chi connectivity index (χ1n) is 26.6. The Bertz CT molecular complexity index is 1720. The van der Waals surface area contributed by atoms with Crippen LogP contribution in [0.3, 0.4) is 0 Å². The van der Waals surface area contributed by atoms with Gasteiger partial charge in [0.1, 0.15) is 24.0 Å². The molecular weight excluding hydrogens is 891 g/mol. The summed E-state index contributed by atoms with van der Waals surface area (Å²) in [6.07, 6.45) is 10.1. The molecule has 0 aromatic carbocycles. The van der Waals surface area contributed by atoms with Gasteiger partial charge in [-0.05, 0) is 138 Å². The molecule has 4 aliphatic rings. The van der Waals surface area contributed by atoms with Gasteiger partial charge in [-0.3, -0.25) is 9.59 Å². The normalized spacial score (nSPS) is 36.3. The molecular formula is C55H99NO10Si2. The van der Waals surface area contributed by atoms with E-state index in [2.05, 4.69) is 121 Å². The molecule has 1 aliphatic carbocycles. The summed E-state index contributed by atoms with van der Waals surface area (Å²) in [5.41, 5.74) is 2.10. The molecule has 392 valence electrons. The van der Waals surface area contributed by atoms with E-state index in [4.69, 9.17) is 32.5 Å². The Morgan fingerprint density at radius 1 is 0.765 bits per heavy atom. The first kappa shape index (κ1) is 58.9. The number of methoxy groups -OCH3 is 3. The predicted octanol–water partition coefficient (Wildman–Crippen LogP) is 12.0. The number of allylic oxidation sites excluding steroid dienone is 3. The number of esters is 1. The standard InChI is InChI=1S/C55H99NO10Si2/c1-20-41-28-35(2)27-36(3)29-48(61-14)52-49(62-15)31-37(4)45(63-52)34-50(58)56-26-22-21-23-42(56)53(59)64-51(39(6)46(33-43(41)57)66-68(18,19)55(10,11)12)38(5)30-40-24-25-44(47(32-40)60-13)65-67(16,17)54(7,8)9/h28,30,36-37,39-42,44-49,51-52H,20-27,29,31-34H2,1-19H3/b35-28+,38-30+/t36-,37+,39+,40-,41+,42-,44+,45+,46-,47+,48-,49-,51+,52+/m0/s1. The number of cyclic esters (lactones) is 1. The maximum absolute atomic E-state index is 15.0. The Kier molecular flexibility index (Phi) is 21.5. The fraction of sp³-hybridized carbons (Fsp3) is 0.873. The molecule has 1 saturated carbocycles. The molecule has 3 fully saturated rings. The van der Waals surface area contributed by atoms with Crippen molar-refractivity contribution in [2.24, 2.45) is 29.6 Å². The lowest BCUT2D eigenvalue weighted by molar-refractivity contribution is -0.198. The van der Waals surface area contributed by atoms with Crippen molar-refractivity contribution >= 4 is 34.3 Å². The number of hydrogen-bond donors (Lipinski definition) is 0. The molecule has 68 heavy (non-hydrogen) atoms. The highest BCUT2D eigenvalue weighted by Crippen LogP contribution is 2.43. The fourth-order valence-corrected chi connectivity index (χ4v) is 13.6.